The number of nitriles is 1. The van der Waals surface area contributed by atoms with Gasteiger partial charge in [-0.05, 0) is 17.7 Å². The van der Waals surface area contributed by atoms with E-state index in [-0.39, 0.29) is 0 Å². The predicted molar refractivity (Wildman–Crippen MR) is 78.1 cm³/mol. The molecule has 0 spiro atoms. The van der Waals surface area contributed by atoms with Crippen molar-refractivity contribution >= 4 is 11.8 Å². The van der Waals surface area contributed by atoms with E-state index in [1.54, 1.807) is 32.2 Å². The molecule has 5 heteroatoms. The molecule has 1 aromatic carbocycles. The van der Waals surface area contributed by atoms with Gasteiger partial charge in [0.2, 0.25) is 0 Å². The molecule has 2 aromatic rings. The van der Waals surface area contributed by atoms with Crippen LogP contribution >= 0.6 is 11.8 Å². The van der Waals surface area contributed by atoms with E-state index in [0.29, 0.717) is 11.3 Å². The van der Waals surface area contributed by atoms with Crippen LogP contribution in [0.25, 0.3) is 0 Å². The Morgan fingerprint density at radius 2 is 1.90 bits per heavy atom. The highest BCUT2D eigenvalue weighted by atomic mass is 32.2. The zero-order valence-electron chi connectivity index (χ0n) is 11.3. The first kappa shape index (κ1) is 14.2. The molecule has 0 N–H and O–H groups in total. The third kappa shape index (κ3) is 3.22. The van der Waals surface area contributed by atoms with Crippen LogP contribution < -0.4 is 9.47 Å². The Morgan fingerprint density at radius 1 is 1.15 bits per heavy atom. The standard InChI is InChI=1S/C15H14N2O2S/c1-18-13-5-3-11(4-6-13)10-20-14-9-17-8-12(7-16)15(14)19-2/h3-6,8-9H,10H2,1-2H3. The number of pyridine rings is 1. The number of ether oxygens (including phenoxy) is 2. The van der Waals surface area contributed by atoms with E-state index < -0.39 is 0 Å². The largest absolute Gasteiger partial charge is 0.497 e. The van der Waals surface area contributed by atoms with Crippen LogP contribution in [0, 0.1) is 11.3 Å². The van der Waals surface area contributed by atoms with Crippen LogP contribution in [-0.4, -0.2) is 19.2 Å². The van der Waals surface area contributed by atoms with Gasteiger partial charge in [-0.15, -0.1) is 11.8 Å². The van der Waals surface area contributed by atoms with Crippen molar-refractivity contribution in [1.82, 2.24) is 4.98 Å². The van der Waals surface area contributed by atoms with E-state index in [1.165, 1.54) is 11.8 Å². The summed E-state index contributed by atoms with van der Waals surface area (Å²) in [5, 5.41) is 9.02. The summed E-state index contributed by atoms with van der Waals surface area (Å²) in [7, 11) is 3.21. The lowest BCUT2D eigenvalue weighted by molar-refractivity contribution is 0.402. The van der Waals surface area contributed by atoms with Crippen molar-refractivity contribution in [2.75, 3.05) is 14.2 Å². The summed E-state index contributed by atoms with van der Waals surface area (Å²) in [5.74, 6) is 2.20. The molecule has 0 saturated heterocycles. The number of rotatable bonds is 5. The number of benzene rings is 1. The number of hydrogen-bond acceptors (Lipinski definition) is 5. The topological polar surface area (TPSA) is 55.1 Å². The Morgan fingerprint density at radius 3 is 2.50 bits per heavy atom. The monoisotopic (exact) mass is 286 g/mol. The number of methoxy groups -OCH3 is 2. The van der Waals surface area contributed by atoms with Crippen molar-refractivity contribution in [3.8, 4) is 17.6 Å². The Hall–Kier alpha value is -2.19. The Labute approximate surface area is 122 Å². The summed E-state index contributed by atoms with van der Waals surface area (Å²) in [6.07, 6.45) is 3.23. The predicted octanol–water partition coefficient (Wildman–Crippen LogP) is 3.26. The van der Waals surface area contributed by atoms with Gasteiger partial charge in [-0.3, -0.25) is 4.98 Å². The Balaban J connectivity index is 2.12. The van der Waals surface area contributed by atoms with E-state index >= 15 is 0 Å². The zero-order chi connectivity index (χ0) is 14.4. The number of hydrogen-bond donors (Lipinski definition) is 0. The highest BCUT2D eigenvalue weighted by molar-refractivity contribution is 7.98. The Bertz CT molecular complexity index is 621. The number of thioether (sulfide) groups is 1. The summed E-state index contributed by atoms with van der Waals surface area (Å²) in [6, 6.07) is 9.97. The van der Waals surface area contributed by atoms with Gasteiger partial charge in [-0.2, -0.15) is 5.26 Å². The van der Waals surface area contributed by atoms with Gasteiger partial charge in [0.25, 0.3) is 0 Å². The Kier molecular flexibility index (Phi) is 4.85. The molecular formula is C15H14N2O2S. The van der Waals surface area contributed by atoms with Gasteiger partial charge in [-0.1, -0.05) is 12.1 Å². The molecule has 0 atom stereocenters. The maximum absolute atomic E-state index is 9.02. The fraction of sp³-hybridized carbons (Fsp3) is 0.200. The lowest BCUT2D eigenvalue weighted by atomic mass is 10.2. The molecule has 2 rings (SSSR count). The van der Waals surface area contributed by atoms with Crippen molar-refractivity contribution in [1.29, 1.82) is 5.26 Å². The third-order valence-corrected chi connectivity index (χ3v) is 3.82. The van der Waals surface area contributed by atoms with Crippen LogP contribution in [0.15, 0.2) is 41.6 Å². The maximum atomic E-state index is 9.02. The fourth-order valence-electron chi connectivity index (χ4n) is 1.71. The summed E-state index contributed by atoms with van der Waals surface area (Å²) in [6.45, 7) is 0. The minimum Gasteiger partial charge on any atom is -0.497 e. The van der Waals surface area contributed by atoms with Crippen molar-refractivity contribution in [2.45, 2.75) is 10.6 Å². The normalized spacial score (nSPS) is 9.85. The fourth-order valence-corrected chi connectivity index (χ4v) is 2.68. The van der Waals surface area contributed by atoms with Crippen LogP contribution in [0.2, 0.25) is 0 Å². The smallest absolute Gasteiger partial charge is 0.153 e. The van der Waals surface area contributed by atoms with E-state index in [9.17, 15) is 0 Å². The van der Waals surface area contributed by atoms with E-state index in [2.05, 4.69) is 11.1 Å². The highest BCUT2D eigenvalue weighted by Crippen LogP contribution is 2.33. The molecule has 0 aliphatic rings. The van der Waals surface area contributed by atoms with Crippen molar-refractivity contribution in [3.63, 3.8) is 0 Å². The molecule has 0 unspecified atom stereocenters. The molecular weight excluding hydrogens is 272 g/mol. The zero-order valence-corrected chi connectivity index (χ0v) is 12.1. The van der Waals surface area contributed by atoms with Crippen LogP contribution in [0.1, 0.15) is 11.1 Å². The first-order valence-electron chi connectivity index (χ1n) is 5.96. The minimum absolute atomic E-state index is 0.451. The van der Waals surface area contributed by atoms with Crippen LogP contribution in [0.5, 0.6) is 11.5 Å². The first-order valence-corrected chi connectivity index (χ1v) is 6.95. The SMILES string of the molecule is COc1ccc(CSc2cncc(C#N)c2OC)cc1. The molecule has 0 aliphatic carbocycles. The van der Waals surface area contributed by atoms with Crippen molar-refractivity contribution in [2.24, 2.45) is 0 Å². The number of aromatic nitrogens is 1. The van der Waals surface area contributed by atoms with Gasteiger partial charge in [0, 0.05) is 18.1 Å². The molecule has 4 nitrogen and oxygen atoms in total. The lowest BCUT2D eigenvalue weighted by Crippen LogP contribution is -1.93. The van der Waals surface area contributed by atoms with E-state index in [4.69, 9.17) is 14.7 Å². The molecule has 0 amide bonds. The van der Waals surface area contributed by atoms with Crippen LogP contribution in [-0.2, 0) is 5.75 Å². The second-order valence-corrected chi connectivity index (χ2v) is 4.98. The molecule has 0 bridgehead atoms. The average Bonchev–Trinajstić information content (AvgIpc) is 2.52. The van der Waals surface area contributed by atoms with Crippen molar-refractivity contribution in [3.05, 3.63) is 47.8 Å². The molecule has 1 aromatic heterocycles. The molecule has 0 saturated carbocycles. The van der Waals surface area contributed by atoms with Gasteiger partial charge in [0.05, 0.1) is 19.1 Å². The second-order valence-electron chi connectivity index (χ2n) is 3.97. The third-order valence-electron chi connectivity index (χ3n) is 2.74. The highest BCUT2D eigenvalue weighted by Gasteiger charge is 2.10. The van der Waals surface area contributed by atoms with Gasteiger partial charge in [0.15, 0.2) is 5.75 Å². The summed E-state index contributed by atoms with van der Waals surface area (Å²) in [5.41, 5.74) is 1.62. The average molecular weight is 286 g/mol. The molecule has 0 fully saturated rings. The van der Waals surface area contributed by atoms with Gasteiger partial charge in [-0.25, -0.2) is 0 Å². The van der Waals surface area contributed by atoms with Crippen LogP contribution in [0.4, 0.5) is 0 Å². The minimum atomic E-state index is 0.451. The quantitative estimate of drug-likeness (QED) is 0.790. The van der Waals surface area contributed by atoms with Crippen LogP contribution in [0.3, 0.4) is 0 Å². The molecule has 20 heavy (non-hydrogen) atoms. The van der Waals surface area contributed by atoms with Gasteiger partial charge >= 0.3 is 0 Å². The summed E-state index contributed by atoms with van der Waals surface area (Å²) < 4.78 is 10.4. The van der Waals surface area contributed by atoms with E-state index in [0.717, 1.165) is 16.4 Å². The van der Waals surface area contributed by atoms with Gasteiger partial charge < -0.3 is 9.47 Å². The lowest BCUT2D eigenvalue weighted by Gasteiger charge is -2.09. The maximum Gasteiger partial charge on any atom is 0.153 e. The number of nitrogens with zero attached hydrogens (tertiary/aromatic N) is 2. The molecule has 102 valence electrons. The van der Waals surface area contributed by atoms with E-state index in [1.807, 2.05) is 24.3 Å². The summed E-state index contributed by atoms with van der Waals surface area (Å²) >= 11 is 1.59. The molecule has 1 heterocycles. The summed E-state index contributed by atoms with van der Waals surface area (Å²) in [4.78, 5) is 4.92. The van der Waals surface area contributed by atoms with Gasteiger partial charge in [0.1, 0.15) is 17.4 Å². The molecule has 0 radical (unpaired) electrons. The molecule has 0 aliphatic heterocycles. The second kappa shape index (κ2) is 6.83. The first-order chi connectivity index (χ1) is 9.78. The van der Waals surface area contributed by atoms with Crippen molar-refractivity contribution < 1.29 is 9.47 Å².